The van der Waals surface area contributed by atoms with Gasteiger partial charge in [0.15, 0.2) is 0 Å². The second kappa shape index (κ2) is 5.06. The summed E-state index contributed by atoms with van der Waals surface area (Å²) in [6.07, 6.45) is 0. The molecule has 1 heterocycles. The number of halogens is 1. The fraction of sp³-hybridized carbons (Fsp3) is 0.417. The van der Waals surface area contributed by atoms with Crippen molar-refractivity contribution in [2.75, 3.05) is 31.6 Å². The monoisotopic (exact) mass is 297 g/mol. The van der Waals surface area contributed by atoms with E-state index in [4.69, 9.17) is 5.73 Å². The van der Waals surface area contributed by atoms with Crippen LogP contribution in [0.3, 0.4) is 0 Å². The molecule has 17 heavy (non-hydrogen) atoms. The molecular weight excluding hydrogens is 282 g/mol. The average molecular weight is 298 g/mol. The molecule has 0 atom stereocenters. The van der Waals surface area contributed by atoms with E-state index >= 15 is 0 Å². The zero-order chi connectivity index (χ0) is 12.4. The Bertz CT molecular complexity index is 436. The van der Waals surface area contributed by atoms with Gasteiger partial charge in [0.1, 0.15) is 0 Å². The van der Waals surface area contributed by atoms with Crippen molar-refractivity contribution in [3.05, 3.63) is 28.2 Å². The minimum absolute atomic E-state index is 0.155. The molecule has 0 aromatic heterocycles. The van der Waals surface area contributed by atoms with Gasteiger partial charge in [0, 0.05) is 36.8 Å². The number of anilines is 1. The molecule has 4 nitrogen and oxygen atoms in total. The molecule has 0 unspecified atom stereocenters. The van der Waals surface area contributed by atoms with Crippen molar-refractivity contribution in [1.82, 2.24) is 4.90 Å². The molecule has 0 aliphatic carbocycles. The van der Waals surface area contributed by atoms with E-state index in [0.717, 1.165) is 28.8 Å². The number of hydrogen-bond acceptors (Lipinski definition) is 3. The predicted molar refractivity (Wildman–Crippen MR) is 71.9 cm³/mol. The van der Waals surface area contributed by atoms with Gasteiger partial charge in [0.2, 0.25) is 5.91 Å². The quantitative estimate of drug-likeness (QED) is 0.892. The molecule has 0 saturated carbocycles. The van der Waals surface area contributed by atoms with Gasteiger partial charge in [0.25, 0.3) is 0 Å². The lowest BCUT2D eigenvalue weighted by Crippen LogP contribution is -2.48. The van der Waals surface area contributed by atoms with E-state index in [2.05, 4.69) is 20.8 Å². The molecule has 0 spiro atoms. The van der Waals surface area contributed by atoms with Crippen molar-refractivity contribution in [1.29, 1.82) is 0 Å². The van der Waals surface area contributed by atoms with Gasteiger partial charge in [-0.1, -0.05) is 15.9 Å². The summed E-state index contributed by atoms with van der Waals surface area (Å²) in [5.74, 6) is 0.155. The van der Waals surface area contributed by atoms with Crippen LogP contribution in [-0.4, -0.2) is 37.5 Å². The molecule has 1 aliphatic heterocycles. The van der Waals surface area contributed by atoms with Gasteiger partial charge in [-0.15, -0.1) is 0 Å². The smallest absolute Gasteiger partial charge is 0.241 e. The van der Waals surface area contributed by atoms with Gasteiger partial charge in [-0.3, -0.25) is 4.79 Å². The van der Waals surface area contributed by atoms with E-state index in [1.807, 2.05) is 25.2 Å². The molecule has 1 aromatic rings. The van der Waals surface area contributed by atoms with Crippen LogP contribution in [-0.2, 0) is 11.3 Å². The van der Waals surface area contributed by atoms with Crippen molar-refractivity contribution in [3.63, 3.8) is 0 Å². The summed E-state index contributed by atoms with van der Waals surface area (Å²) in [5, 5.41) is 0. The summed E-state index contributed by atoms with van der Waals surface area (Å²) >= 11 is 3.43. The van der Waals surface area contributed by atoms with Crippen LogP contribution < -0.4 is 10.6 Å². The minimum atomic E-state index is 0.155. The van der Waals surface area contributed by atoms with Crippen LogP contribution >= 0.6 is 15.9 Å². The van der Waals surface area contributed by atoms with E-state index in [9.17, 15) is 4.79 Å². The van der Waals surface area contributed by atoms with Gasteiger partial charge in [0.05, 0.1) is 6.54 Å². The highest BCUT2D eigenvalue weighted by atomic mass is 79.9. The highest BCUT2D eigenvalue weighted by Crippen LogP contribution is 2.25. The highest BCUT2D eigenvalue weighted by Gasteiger charge is 2.22. The lowest BCUT2D eigenvalue weighted by atomic mass is 10.1. The summed E-state index contributed by atoms with van der Waals surface area (Å²) in [6.45, 7) is 2.54. The Morgan fingerprint density at radius 3 is 2.82 bits per heavy atom. The third kappa shape index (κ3) is 2.61. The molecule has 1 saturated heterocycles. The second-order valence-corrected chi connectivity index (χ2v) is 5.13. The first-order valence-electron chi connectivity index (χ1n) is 5.59. The molecule has 1 aromatic carbocycles. The second-order valence-electron chi connectivity index (χ2n) is 4.21. The number of nitrogens with zero attached hydrogens (tertiary/aromatic N) is 2. The molecule has 0 radical (unpaired) electrons. The van der Waals surface area contributed by atoms with E-state index in [0.29, 0.717) is 13.1 Å². The maximum Gasteiger partial charge on any atom is 0.241 e. The Kier molecular flexibility index (Phi) is 3.69. The largest absolute Gasteiger partial charge is 0.360 e. The van der Waals surface area contributed by atoms with Crippen LogP contribution in [0.5, 0.6) is 0 Å². The lowest BCUT2D eigenvalue weighted by Gasteiger charge is -2.34. The molecular formula is C12H16BrN3O. The first kappa shape index (κ1) is 12.4. The Hall–Kier alpha value is -1.07. The summed E-state index contributed by atoms with van der Waals surface area (Å²) in [5.41, 5.74) is 7.88. The zero-order valence-corrected chi connectivity index (χ0v) is 11.4. The number of hydrogen-bond donors (Lipinski definition) is 1. The number of carbonyl (C=O) groups excluding carboxylic acids is 1. The molecule has 5 heteroatoms. The topological polar surface area (TPSA) is 49.6 Å². The molecule has 1 fully saturated rings. The Morgan fingerprint density at radius 2 is 2.18 bits per heavy atom. The van der Waals surface area contributed by atoms with Crippen LogP contribution in [0.2, 0.25) is 0 Å². The van der Waals surface area contributed by atoms with Crippen molar-refractivity contribution < 1.29 is 4.79 Å². The van der Waals surface area contributed by atoms with Crippen LogP contribution in [0, 0.1) is 0 Å². The Morgan fingerprint density at radius 1 is 1.41 bits per heavy atom. The highest BCUT2D eigenvalue weighted by molar-refractivity contribution is 9.10. The molecule has 2 rings (SSSR count). The number of rotatable bonds is 2. The lowest BCUT2D eigenvalue weighted by molar-refractivity contribution is -0.129. The summed E-state index contributed by atoms with van der Waals surface area (Å²) in [6, 6.07) is 6.01. The molecule has 1 aliphatic rings. The van der Waals surface area contributed by atoms with Gasteiger partial charge in [-0.05, 0) is 23.8 Å². The summed E-state index contributed by atoms with van der Waals surface area (Å²) in [7, 11) is 1.84. The fourth-order valence-corrected chi connectivity index (χ4v) is 2.40. The number of amides is 1. The van der Waals surface area contributed by atoms with Gasteiger partial charge in [-0.2, -0.15) is 0 Å². The standard InChI is InChI=1S/C12H16BrN3O/c1-15-4-5-16(8-12(15)17)11-3-2-10(13)6-9(11)7-14/h2-3,6H,4-5,7-8,14H2,1H3. The maximum absolute atomic E-state index is 11.7. The van der Waals surface area contributed by atoms with Crippen LogP contribution in [0.4, 0.5) is 5.69 Å². The van der Waals surface area contributed by atoms with E-state index in [1.54, 1.807) is 4.90 Å². The van der Waals surface area contributed by atoms with Gasteiger partial charge < -0.3 is 15.5 Å². The Labute approximate surface area is 110 Å². The van der Waals surface area contributed by atoms with Crippen LogP contribution in [0.15, 0.2) is 22.7 Å². The zero-order valence-electron chi connectivity index (χ0n) is 9.82. The normalized spacial score (nSPS) is 16.5. The van der Waals surface area contributed by atoms with Crippen LogP contribution in [0.25, 0.3) is 0 Å². The predicted octanol–water partition coefficient (Wildman–Crippen LogP) is 1.19. The summed E-state index contributed by atoms with van der Waals surface area (Å²) in [4.78, 5) is 15.5. The molecule has 1 amide bonds. The summed E-state index contributed by atoms with van der Waals surface area (Å²) < 4.78 is 1.02. The maximum atomic E-state index is 11.7. The number of nitrogens with two attached hydrogens (primary N) is 1. The fourth-order valence-electron chi connectivity index (χ4n) is 1.99. The first-order chi connectivity index (χ1) is 8.11. The van der Waals surface area contributed by atoms with E-state index in [-0.39, 0.29) is 5.91 Å². The average Bonchev–Trinajstić information content (AvgIpc) is 2.32. The van der Waals surface area contributed by atoms with Crippen molar-refractivity contribution >= 4 is 27.5 Å². The van der Waals surface area contributed by atoms with Gasteiger partial charge in [-0.25, -0.2) is 0 Å². The van der Waals surface area contributed by atoms with Crippen LogP contribution in [0.1, 0.15) is 5.56 Å². The van der Waals surface area contributed by atoms with Crippen molar-refractivity contribution in [2.45, 2.75) is 6.54 Å². The molecule has 0 bridgehead atoms. The third-order valence-corrected chi connectivity index (χ3v) is 3.55. The third-order valence-electron chi connectivity index (χ3n) is 3.06. The number of likely N-dealkylation sites (N-methyl/N-ethyl adjacent to an activating group) is 1. The van der Waals surface area contributed by atoms with E-state index in [1.165, 1.54) is 0 Å². The van der Waals surface area contributed by atoms with Crippen molar-refractivity contribution in [2.24, 2.45) is 5.73 Å². The molecule has 92 valence electrons. The number of benzene rings is 1. The Balaban J connectivity index is 2.25. The van der Waals surface area contributed by atoms with Crippen molar-refractivity contribution in [3.8, 4) is 0 Å². The SMILES string of the molecule is CN1CCN(c2ccc(Br)cc2CN)CC1=O. The number of piperazine rings is 1. The minimum Gasteiger partial charge on any atom is -0.360 e. The van der Waals surface area contributed by atoms with E-state index < -0.39 is 0 Å². The number of carbonyl (C=O) groups is 1. The first-order valence-corrected chi connectivity index (χ1v) is 6.38. The molecule has 2 N–H and O–H groups in total. The van der Waals surface area contributed by atoms with Gasteiger partial charge >= 0.3 is 0 Å².